The Hall–Kier alpha value is -1.79. The lowest BCUT2D eigenvalue weighted by molar-refractivity contribution is 0.454. The van der Waals surface area contributed by atoms with Gasteiger partial charge in [-0.15, -0.1) is 0 Å². The van der Waals surface area contributed by atoms with Crippen LogP contribution in [-0.2, 0) is 5.41 Å². The average Bonchev–Trinajstić information content (AvgIpc) is 2.38. The summed E-state index contributed by atoms with van der Waals surface area (Å²) in [5.41, 5.74) is 1.61. The van der Waals surface area contributed by atoms with Gasteiger partial charge in [0.2, 0.25) is 0 Å². The summed E-state index contributed by atoms with van der Waals surface area (Å²) in [6.45, 7) is 6.42. The van der Waals surface area contributed by atoms with Crippen LogP contribution in [0.15, 0.2) is 46.9 Å². The van der Waals surface area contributed by atoms with Crippen LogP contribution in [0.2, 0.25) is 0 Å². The van der Waals surface area contributed by atoms with E-state index in [1.165, 1.54) is 0 Å². The van der Waals surface area contributed by atoms with Crippen molar-refractivity contribution >= 4 is 15.9 Å². The van der Waals surface area contributed by atoms with Gasteiger partial charge in [0.05, 0.1) is 0 Å². The van der Waals surface area contributed by atoms with E-state index in [1.54, 1.807) is 0 Å². The Balaban J connectivity index is 2.47. The monoisotopic (exact) mass is 329 g/mol. The third-order valence-corrected chi connectivity index (χ3v) is 3.66. The van der Waals surface area contributed by atoms with Crippen molar-refractivity contribution in [3.05, 3.63) is 58.1 Å². The largest absolute Gasteiger partial charge is 0.456 e. The van der Waals surface area contributed by atoms with E-state index in [0.717, 1.165) is 15.8 Å². The van der Waals surface area contributed by atoms with Gasteiger partial charge in [0, 0.05) is 10.0 Å². The van der Waals surface area contributed by atoms with E-state index in [2.05, 4.69) is 48.8 Å². The second kappa shape index (κ2) is 5.68. The van der Waals surface area contributed by atoms with E-state index >= 15 is 0 Å². The van der Waals surface area contributed by atoms with Crippen LogP contribution in [0.1, 0.15) is 31.9 Å². The summed E-state index contributed by atoms with van der Waals surface area (Å²) in [7, 11) is 0. The summed E-state index contributed by atoms with van der Waals surface area (Å²) >= 11 is 3.38. The van der Waals surface area contributed by atoms with E-state index in [-0.39, 0.29) is 5.41 Å². The molecule has 20 heavy (non-hydrogen) atoms. The van der Waals surface area contributed by atoms with Crippen LogP contribution in [0.4, 0.5) is 0 Å². The summed E-state index contributed by atoms with van der Waals surface area (Å²) in [6, 6.07) is 15.6. The fourth-order valence-electron chi connectivity index (χ4n) is 1.99. The summed E-state index contributed by atoms with van der Waals surface area (Å²) in [6.07, 6.45) is 0. The van der Waals surface area contributed by atoms with Gasteiger partial charge in [0.15, 0.2) is 0 Å². The predicted molar refractivity (Wildman–Crippen MR) is 84.1 cm³/mol. The highest BCUT2D eigenvalue weighted by Gasteiger charge is 2.19. The topological polar surface area (TPSA) is 33.0 Å². The van der Waals surface area contributed by atoms with Crippen LogP contribution >= 0.6 is 15.9 Å². The van der Waals surface area contributed by atoms with Gasteiger partial charge in [-0.2, -0.15) is 5.26 Å². The van der Waals surface area contributed by atoms with Crippen LogP contribution < -0.4 is 4.74 Å². The molecule has 0 aliphatic carbocycles. The number of ether oxygens (including phenoxy) is 1. The first-order valence-corrected chi connectivity index (χ1v) is 7.19. The maximum atomic E-state index is 9.25. The van der Waals surface area contributed by atoms with Crippen LogP contribution in [0.25, 0.3) is 0 Å². The summed E-state index contributed by atoms with van der Waals surface area (Å²) in [5, 5.41) is 9.25. The standard InChI is InChI=1S/C17H16BrNO/c1-17(2,3)13-7-4-5-9-16(13)20-15-10-6-8-14(18)12(15)11-19/h4-10H,1-3H3. The maximum absolute atomic E-state index is 9.25. The van der Waals surface area contributed by atoms with E-state index in [1.807, 2.05) is 36.4 Å². The normalized spacial score (nSPS) is 10.9. The Morgan fingerprint density at radius 1 is 1.00 bits per heavy atom. The van der Waals surface area contributed by atoms with Gasteiger partial charge in [-0.1, -0.05) is 45.0 Å². The number of halogens is 1. The number of nitrogens with zero attached hydrogens (tertiary/aromatic N) is 1. The quantitative estimate of drug-likeness (QED) is 0.737. The van der Waals surface area contributed by atoms with Gasteiger partial charge in [0.25, 0.3) is 0 Å². The van der Waals surface area contributed by atoms with Crippen molar-refractivity contribution in [1.82, 2.24) is 0 Å². The average molecular weight is 330 g/mol. The van der Waals surface area contributed by atoms with Crippen LogP contribution in [0.3, 0.4) is 0 Å². The molecule has 102 valence electrons. The Kier molecular flexibility index (Phi) is 4.15. The van der Waals surface area contributed by atoms with Crippen molar-refractivity contribution in [1.29, 1.82) is 5.26 Å². The molecule has 0 aromatic heterocycles. The van der Waals surface area contributed by atoms with Crippen molar-refractivity contribution in [3.8, 4) is 17.6 Å². The molecular formula is C17H16BrNO. The first-order valence-electron chi connectivity index (χ1n) is 6.39. The molecule has 0 spiro atoms. The molecule has 2 rings (SSSR count). The van der Waals surface area contributed by atoms with Crippen molar-refractivity contribution in [2.24, 2.45) is 0 Å². The number of rotatable bonds is 2. The Morgan fingerprint density at radius 2 is 1.65 bits per heavy atom. The molecule has 0 N–H and O–H groups in total. The Labute approximate surface area is 128 Å². The molecule has 0 aliphatic heterocycles. The second-order valence-corrected chi connectivity index (χ2v) is 6.43. The zero-order chi connectivity index (χ0) is 14.8. The van der Waals surface area contributed by atoms with Crippen molar-refractivity contribution < 1.29 is 4.74 Å². The van der Waals surface area contributed by atoms with E-state index in [4.69, 9.17) is 4.74 Å². The van der Waals surface area contributed by atoms with Gasteiger partial charge < -0.3 is 4.74 Å². The minimum atomic E-state index is -0.0184. The molecule has 0 fully saturated rings. The van der Waals surface area contributed by atoms with E-state index in [9.17, 15) is 5.26 Å². The fraction of sp³-hybridized carbons (Fsp3) is 0.235. The third kappa shape index (κ3) is 3.02. The molecule has 0 aliphatic rings. The van der Waals surface area contributed by atoms with Gasteiger partial charge in [-0.25, -0.2) is 0 Å². The molecule has 0 bridgehead atoms. The molecular weight excluding hydrogens is 314 g/mol. The first kappa shape index (κ1) is 14.6. The van der Waals surface area contributed by atoms with Crippen molar-refractivity contribution in [3.63, 3.8) is 0 Å². The Morgan fingerprint density at radius 3 is 2.30 bits per heavy atom. The van der Waals surface area contributed by atoms with Crippen LogP contribution in [-0.4, -0.2) is 0 Å². The molecule has 0 unspecified atom stereocenters. The van der Waals surface area contributed by atoms with Crippen molar-refractivity contribution in [2.45, 2.75) is 26.2 Å². The lowest BCUT2D eigenvalue weighted by Gasteiger charge is -2.22. The SMILES string of the molecule is CC(C)(C)c1ccccc1Oc1cccc(Br)c1C#N. The van der Waals surface area contributed by atoms with Gasteiger partial charge in [-0.3, -0.25) is 0 Å². The highest BCUT2D eigenvalue weighted by molar-refractivity contribution is 9.10. The molecule has 0 radical (unpaired) electrons. The summed E-state index contributed by atoms with van der Waals surface area (Å²) in [4.78, 5) is 0. The number of para-hydroxylation sites is 1. The first-order chi connectivity index (χ1) is 9.43. The van der Waals surface area contributed by atoms with E-state index < -0.39 is 0 Å². The van der Waals surface area contributed by atoms with E-state index in [0.29, 0.717) is 11.3 Å². The zero-order valence-electron chi connectivity index (χ0n) is 11.8. The van der Waals surface area contributed by atoms with Crippen molar-refractivity contribution in [2.75, 3.05) is 0 Å². The molecule has 0 saturated carbocycles. The Bertz CT molecular complexity index is 665. The highest BCUT2D eigenvalue weighted by Crippen LogP contribution is 2.36. The molecule has 0 heterocycles. The number of nitriles is 1. The lowest BCUT2D eigenvalue weighted by atomic mass is 9.86. The molecule has 0 saturated heterocycles. The van der Waals surface area contributed by atoms with Gasteiger partial charge in [0.1, 0.15) is 23.1 Å². The highest BCUT2D eigenvalue weighted by atomic mass is 79.9. The molecule has 2 aromatic carbocycles. The second-order valence-electron chi connectivity index (χ2n) is 5.57. The van der Waals surface area contributed by atoms with Crippen LogP contribution in [0, 0.1) is 11.3 Å². The minimum absolute atomic E-state index is 0.0184. The molecule has 0 amide bonds. The van der Waals surface area contributed by atoms with Crippen LogP contribution in [0.5, 0.6) is 11.5 Å². The third-order valence-electron chi connectivity index (χ3n) is 3.00. The molecule has 3 heteroatoms. The maximum Gasteiger partial charge on any atom is 0.146 e. The summed E-state index contributed by atoms with van der Waals surface area (Å²) in [5.74, 6) is 1.35. The summed E-state index contributed by atoms with van der Waals surface area (Å²) < 4.78 is 6.73. The molecule has 0 atom stereocenters. The smallest absolute Gasteiger partial charge is 0.146 e. The van der Waals surface area contributed by atoms with Gasteiger partial charge in [-0.05, 0) is 39.5 Å². The zero-order valence-corrected chi connectivity index (χ0v) is 13.4. The fourth-order valence-corrected chi connectivity index (χ4v) is 2.43. The minimum Gasteiger partial charge on any atom is -0.456 e. The molecule has 2 aromatic rings. The number of hydrogen-bond donors (Lipinski definition) is 0. The lowest BCUT2D eigenvalue weighted by Crippen LogP contribution is -2.12. The molecule has 2 nitrogen and oxygen atoms in total. The van der Waals surface area contributed by atoms with Gasteiger partial charge >= 0.3 is 0 Å². The number of benzene rings is 2. The predicted octanol–water partition coefficient (Wildman–Crippen LogP) is 5.41. The number of hydrogen-bond acceptors (Lipinski definition) is 2.